The summed E-state index contributed by atoms with van der Waals surface area (Å²) in [5.74, 6) is 2.01. The zero-order valence-corrected chi connectivity index (χ0v) is 13.4. The lowest BCUT2D eigenvalue weighted by Crippen LogP contribution is -2.14. The van der Waals surface area contributed by atoms with Crippen molar-refractivity contribution in [2.24, 2.45) is 5.92 Å². The van der Waals surface area contributed by atoms with Gasteiger partial charge in [0.05, 0.1) is 12.2 Å². The van der Waals surface area contributed by atoms with Gasteiger partial charge in [0.1, 0.15) is 5.75 Å². The summed E-state index contributed by atoms with van der Waals surface area (Å²) in [6, 6.07) is 7.66. The molecule has 0 aromatic heterocycles. The van der Waals surface area contributed by atoms with Crippen LogP contribution in [-0.2, 0) is 4.74 Å². The second kappa shape index (κ2) is 5.67. The van der Waals surface area contributed by atoms with Crippen LogP contribution in [0.1, 0.15) is 36.8 Å². The van der Waals surface area contributed by atoms with E-state index >= 15 is 0 Å². The van der Waals surface area contributed by atoms with E-state index in [0.717, 1.165) is 11.7 Å². The Labute approximate surface area is 118 Å². The number of rotatable bonds is 5. The second-order valence-corrected chi connectivity index (χ2v) is 7.48. The molecule has 2 nitrogen and oxygen atoms in total. The fourth-order valence-corrected chi connectivity index (χ4v) is 4.60. The average Bonchev–Trinajstić information content (AvgIpc) is 3.18. The maximum atomic E-state index is 6.05. The highest BCUT2D eigenvalue weighted by molar-refractivity contribution is 6.28. The fourth-order valence-electron chi connectivity index (χ4n) is 3.18. The zero-order chi connectivity index (χ0) is 13.2. The highest BCUT2D eigenvalue weighted by atomic mass is 28.2. The monoisotopic (exact) mass is 276 g/mol. The van der Waals surface area contributed by atoms with Gasteiger partial charge in [-0.3, -0.25) is 0 Å². The Morgan fingerprint density at radius 1 is 1.26 bits per heavy atom. The third kappa shape index (κ3) is 3.21. The zero-order valence-electron chi connectivity index (χ0n) is 12.0. The molecule has 3 heteroatoms. The standard InChI is InChI=1S/C16H24O2Si/c1-11-4-3-5-14(12(11)2)18-19-9-8-13-6-7-15-16(10-13)17-15/h3-5,13,15-16H,6-10,19H2,1-2H3. The first kappa shape index (κ1) is 13.2. The predicted octanol–water partition coefficient (Wildman–Crippen LogP) is 3.14. The molecule has 1 aliphatic carbocycles. The van der Waals surface area contributed by atoms with Crippen molar-refractivity contribution in [3.63, 3.8) is 0 Å². The third-order valence-corrected chi connectivity index (χ3v) is 5.89. The molecule has 0 bridgehead atoms. The van der Waals surface area contributed by atoms with E-state index in [9.17, 15) is 0 Å². The Morgan fingerprint density at radius 3 is 3.00 bits per heavy atom. The van der Waals surface area contributed by atoms with E-state index in [1.807, 2.05) is 0 Å². The minimum atomic E-state index is -0.413. The van der Waals surface area contributed by atoms with Gasteiger partial charge in [0.2, 0.25) is 9.76 Å². The maximum absolute atomic E-state index is 6.05. The van der Waals surface area contributed by atoms with Crippen LogP contribution >= 0.6 is 0 Å². The Morgan fingerprint density at radius 2 is 2.16 bits per heavy atom. The smallest absolute Gasteiger partial charge is 0.219 e. The second-order valence-electron chi connectivity index (χ2n) is 6.08. The molecule has 1 saturated carbocycles. The van der Waals surface area contributed by atoms with E-state index in [1.54, 1.807) is 0 Å². The van der Waals surface area contributed by atoms with Crippen LogP contribution in [-0.4, -0.2) is 22.0 Å². The minimum Gasteiger partial charge on any atom is -0.549 e. The van der Waals surface area contributed by atoms with Gasteiger partial charge in [-0.1, -0.05) is 18.6 Å². The van der Waals surface area contributed by atoms with E-state index in [1.165, 1.54) is 42.9 Å². The van der Waals surface area contributed by atoms with Gasteiger partial charge in [-0.15, -0.1) is 0 Å². The van der Waals surface area contributed by atoms with Crippen molar-refractivity contribution in [2.45, 2.75) is 57.8 Å². The van der Waals surface area contributed by atoms with Crippen LogP contribution in [0, 0.1) is 19.8 Å². The summed E-state index contributed by atoms with van der Waals surface area (Å²) < 4.78 is 11.6. The van der Waals surface area contributed by atoms with Crippen LogP contribution in [0.4, 0.5) is 0 Å². The lowest BCUT2D eigenvalue weighted by molar-refractivity contribution is 0.356. The summed E-state index contributed by atoms with van der Waals surface area (Å²) in [4.78, 5) is 0. The minimum absolute atomic E-state index is 0.413. The molecule has 0 spiro atoms. The molecule has 0 radical (unpaired) electrons. The number of benzene rings is 1. The number of hydrogen-bond donors (Lipinski definition) is 0. The Bertz CT molecular complexity index is 446. The summed E-state index contributed by atoms with van der Waals surface area (Å²) in [6.45, 7) is 4.31. The molecule has 1 saturated heterocycles. The summed E-state index contributed by atoms with van der Waals surface area (Å²) in [7, 11) is -0.413. The first-order valence-electron chi connectivity index (χ1n) is 7.58. The molecule has 0 N–H and O–H groups in total. The Hall–Kier alpha value is -0.803. The van der Waals surface area contributed by atoms with Crippen molar-refractivity contribution in [1.82, 2.24) is 0 Å². The van der Waals surface area contributed by atoms with E-state index in [2.05, 4.69) is 32.0 Å². The third-order valence-electron chi connectivity index (χ3n) is 4.68. The quantitative estimate of drug-likeness (QED) is 0.468. The van der Waals surface area contributed by atoms with Gasteiger partial charge >= 0.3 is 0 Å². The molecule has 1 aromatic carbocycles. The van der Waals surface area contributed by atoms with Gasteiger partial charge in [0.25, 0.3) is 0 Å². The van der Waals surface area contributed by atoms with Crippen LogP contribution in [0.25, 0.3) is 0 Å². The van der Waals surface area contributed by atoms with Crippen LogP contribution in [0.2, 0.25) is 6.04 Å². The largest absolute Gasteiger partial charge is 0.549 e. The van der Waals surface area contributed by atoms with Crippen molar-refractivity contribution in [3.05, 3.63) is 29.3 Å². The highest BCUT2D eigenvalue weighted by Gasteiger charge is 2.43. The fraction of sp³-hybridized carbons (Fsp3) is 0.625. The molecule has 1 aliphatic heterocycles. The molecule has 3 atom stereocenters. The summed E-state index contributed by atoms with van der Waals surface area (Å²) in [5.41, 5.74) is 2.64. The molecule has 2 aliphatic rings. The Kier molecular flexibility index (Phi) is 3.94. The van der Waals surface area contributed by atoms with E-state index in [4.69, 9.17) is 9.16 Å². The van der Waals surface area contributed by atoms with Crippen molar-refractivity contribution in [3.8, 4) is 5.75 Å². The molecule has 2 fully saturated rings. The summed E-state index contributed by atoms with van der Waals surface area (Å²) >= 11 is 0. The van der Waals surface area contributed by atoms with Gasteiger partial charge in [0.15, 0.2) is 0 Å². The summed E-state index contributed by atoms with van der Waals surface area (Å²) in [5, 5.41) is 0. The summed E-state index contributed by atoms with van der Waals surface area (Å²) in [6.07, 6.45) is 6.60. The molecule has 19 heavy (non-hydrogen) atoms. The van der Waals surface area contributed by atoms with E-state index in [-0.39, 0.29) is 0 Å². The highest BCUT2D eigenvalue weighted by Crippen LogP contribution is 2.40. The number of aryl methyl sites for hydroxylation is 1. The number of fused-ring (bicyclic) bond motifs is 1. The molecular weight excluding hydrogens is 252 g/mol. The van der Waals surface area contributed by atoms with Gasteiger partial charge in [-0.2, -0.15) is 0 Å². The van der Waals surface area contributed by atoms with Crippen molar-refractivity contribution in [1.29, 1.82) is 0 Å². The van der Waals surface area contributed by atoms with Crippen molar-refractivity contribution < 1.29 is 9.16 Å². The van der Waals surface area contributed by atoms with Crippen LogP contribution < -0.4 is 4.43 Å². The molecule has 0 amide bonds. The SMILES string of the molecule is Cc1cccc(O[SiH2]CCC2CCC3OC3C2)c1C. The van der Waals surface area contributed by atoms with Crippen molar-refractivity contribution in [2.75, 3.05) is 0 Å². The van der Waals surface area contributed by atoms with Gasteiger partial charge in [0, 0.05) is 0 Å². The Balaban J connectivity index is 1.39. The molecule has 3 unspecified atom stereocenters. The maximum Gasteiger partial charge on any atom is 0.219 e. The molecule has 104 valence electrons. The van der Waals surface area contributed by atoms with Gasteiger partial charge in [-0.25, -0.2) is 0 Å². The molecule has 3 rings (SSSR count). The van der Waals surface area contributed by atoms with Gasteiger partial charge in [-0.05, 0) is 62.3 Å². The van der Waals surface area contributed by atoms with E-state index < -0.39 is 9.76 Å². The lowest BCUT2D eigenvalue weighted by Gasteiger charge is -2.18. The van der Waals surface area contributed by atoms with Crippen LogP contribution in [0.15, 0.2) is 18.2 Å². The lowest BCUT2D eigenvalue weighted by atomic mass is 9.88. The predicted molar refractivity (Wildman–Crippen MR) is 80.5 cm³/mol. The van der Waals surface area contributed by atoms with Crippen LogP contribution in [0.3, 0.4) is 0 Å². The number of hydrogen-bond acceptors (Lipinski definition) is 2. The van der Waals surface area contributed by atoms with Crippen LogP contribution in [0.5, 0.6) is 5.75 Å². The molecule has 1 heterocycles. The van der Waals surface area contributed by atoms with Gasteiger partial charge < -0.3 is 9.16 Å². The van der Waals surface area contributed by atoms with Crippen molar-refractivity contribution >= 4 is 9.76 Å². The number of epoxide rings is 1. The van der Waals surface area contributed by atoms with E-state index in [0.29, 0.717) is 12.2 Å². The normalized spacial score (nSPS) is 29.5. The first-order valence-corrected chi connectivity index (χ1v) is 9.16. The topological polar surface area (TPSA) is 21.8 Å². The molecular formula is C16H24O2Si. The average molecular weight is 276 g/mol. The first-order chi connectivity index (χ1) is 9.24. The molecule has 1 aromatic rings. The number of ether oxygens (including phenoxy) is 1.